The van der Waals surface area contributed by atoms with Crippen LogP contribution in [0.15, 0.2) is 0 Å². The maximum Gasteiger partial charge on any atom is 0.211 e. The first-order chi connectivity index (χ1) is 9.41. The molecule has 114 valence electrons. The fourth-order valence-electron chi connectivity index (χ4n) is 2.66. The fourth-order valence-corrected chi connectivity index (χ4v) is 4.34. The molecule has 1 aliphatic rings. The van der Waals surface area contributed by atoms with Gasteiger partial charge in [0, 0.05) is 13.1 Å². The van der Waals surface area contributed by atoms with Gasteiger partial charge in [-0.05, 0) is 43.1 Å². The first kappa shape index (κ1) is 15.8. The number of aliphatic hydroxyl groups is 1. The van der Waals surface area contributed by atoms with E-state index in [2.05, 4.69) is 9.59 Å². The van der Waals surface area contributed by atoms with Crippen LogP contribution in [0.1, 0.15) is 42.9 Å². The van der Waals surface area contributed by atoms with E-state index in [4.69, 9.17) is 0 Å². The third kappa shape index (κ3) is 3.75. The molecular formula is C12H21N3O3S2. The summed E-state index contributed by atoms with van der Waals surface area (Å²) in [4.78, 5) is 0.823. The highest BCUT2D eigenvalue weighted by Crippen LogP contribution is 2.31. The standard InChI is InChI=1S/C12H21N3O3S2/c1-3-10-12(19-14-13-10)11(16)7-9-5-4-6-15(8-9)20(2,17)18/h9,11,16H,3-8H2,1-2H3. The summed E-state index contributed by atoms with van der Waals surface area (Å²) < 4.78 is 28.6. The highest BCUT2D eigenvalue weighted by atomic mass is 32.2. The number of aromatic nitrogens is 2. The number of nitrogens with zero attached hydrogens (tertiary/aromatic N) is 3. The van der Waals surface area contributed by atoms with Crippen molar-refractivity contribution in [2.45, 2.75) is 38.7 Å². The Bertz CT molecular complexity index is 544. The van der Waals surface area contributed by atoms with E-state index >= 15 is 0 Å². The summed E-state index contributed by atoms with van der Waals surface area (Å²) in [7, 11) is -3.13. The first-order valence-electron chi connectivity index (χ1n) is 6.86. The summed E-state index contributed by atoms with van der Waals surface area (Å²) in [5.41, 5.74) is 0.846. The average Bonchev–Trinajstić information content (AvgIpc) is 2.86. The highest BCUT2D eigenvalue weighted by molar-refractivity contribution is 7.88. The minimum absolute atomic E-state index is 0.195. The third-order valence-corrected chi connectivity index (χ3v) is 5.87. The van der Waals surface area contributed by atoms with Crippen LogP contribution in [0.3, 0.4) is 0 Å². The van der Waals surface area contributed by atoms with Gasteiger partial charge in [0.2, 0.25) is 10.0 Å². The molecular weight excluding hydrogens is 298 g/mol. The van der Waals surface area contributed by atoms with Gasteiger partial charge in [0.05, 0.1) is 22.9 Å². The molecule has 0 radical (unpaired) electrons. The molecule has 1 aromatic rings. The molecule has 20 heavy (non-hydrogen) atoms. The van der Waals surface area contributed by atoms with Gasteiger partial charge < -0.3 is 5.11 Å². The summed E-state index contributed by atoms with van der Waals surface area (Å²) >= 11 is 1.23. The lowest BCUT2D eigenvalue weighted by atomic mass is 9.92. The second kappa shape index (κ2) is 6.46. The van der Waals surface area contributed by atoms with Crippen molar-refractivity contribution in [1.82, 2.24) is 13.9 Å². The van der Waals surface area contributed by atoms with Crippen LogP contribution in [0, 0.1) is 5.92 Å². The van der Waals surface area contributed by atoms with Gasteiger partial charge in [-0.25, -0.2) is 12.7 Å². The quantitative estimate of drug-likeness (QED) is 0.881. The molecule has 0 aromatic carbocycles. The van der Waals surface area contributed by atoms with E-state index in [1.165, 1.54) is 22.1 Å². The molecule has 2 unspecified atom stereocenters. The third-order valence-electron chi connectivity index (χ3n) is 3.73. The Morgan fingerprint density at radius 2 is 2.30 bits per heavy atom. The number of aliphatic hydroxyl groups excluding tert-OH is 1. The van der Waals surface area contributed by atoms with Gasteiger partial charge in [0.25, 0.3) is 0 Å². The molecule has 8 heteroatoms. The van der Waals surface area contributed by atoms with Crippen molar-refractivity contribution in [2.75, 3.05) is 19.3 Å². The first-order valence-corrected chi connectivity index (χ1v) is 9.48. The van der Waals surface area contributed by atoms with Gasteiger partial charge in [0.1, 0.15) is 0 Å². The summed E-state index contributed by atoms with van der Waals surface area (Å²) in [5, 5.41) is 14.3. The largest absolute Gasteiger partial charge is 0.387 e. The number of hydrogen-bond donors (Lipinski definition) is 1. The number of piperidine rings is 1. The van der Waals surface area contributed by atoms with E-state index in [0.29, 0.717) is 19.5 Å². The van der Waals surface area contributed by atoms with Crippen molar-refractivity contribution in [3.8, 4) is 0 Å². The molecule has 2 atom stereocenters. The molecule has 1 aliphatic heterocycles. The lowest BCUT2D eigenvalue weighted by Gasteiger charge is -2.31. The molecule has 1 saturated heterocycles. The SMILES string of the molecule is CCc1nnsc1C(O)CC1CCCN(S(C)(=O)=O)C1. The molecule has 0 saturated carbocycles. The minimum atomic E-state index is -3.13. The molecule has 0 amide bonds. The maximum atomic E-state index is 11.6. The van der Waals surface area contributed by atoms with Crippen LogP contribution in [-0.4, -0.2) is 46.8 Å². The maximum absolute atomic E-state index is 11.6. The number of hydrogen-bond acceptors (Lipinski definition) is 6. The van der Waals surface area contributed by atoms with E-state index < -0.39 is 16.1 Å². The molecule has 6 nitrogen and oxygen atoms in total. The van der Waals surface area contributed by atoms with Gasteiger partial charge >= 0.3 is 0 Å². The predicted molar refractivity (Wildman–Crippen MR) is 78.0 cm³/mol. The lowest BCUT2D eigenvalue weighted by molar-refractivity contribution is 0.125. The molecule has 0 aliphatic carbocycles. The Hall–Kier alpha value is -0.570. The van der Waals surface area contributed by atoms with Crippen molar-refractivity contribution in [1.29, 1.82) is 0 Å². The highest BCUT2D eigenvalue weighted by Gasteiger charge is 2.28. The topological polar surface area (TPSA) is 83.4 Å². The fraction of sp³-hybridized carbons (Fsp3) is 0.833. The molecule has 1 aromatic heterocycles. The van der Waals surface area contributed by atoms with E-state index in [0.717, 1.165) is 29.8 Å². The Kier molecular flexibility index (Phi) is 5.11. The Labute approximate surface area is 124 Å². The van der Waals surface area contributed by atoms with Gasteiger partial charge in [0.15, 0.2) is 0 Å². The summed E-state index contributed by atoms with van der Waals surface area (Å²) in [6.07, 6.45) is 3.79. The molecule has 1 N–H and O–H groups in total. The number of sulfonamides is 1. The van der Waals surface area contributed by atoms with Crippen LogP contribution in [0.2, 0.25) is 0 Å². The van der Waals surface area contributed by atoms with E-state index in [-0.39, 0.29) is 5.92 Å². The second-order valence-corrected chi connectivity index (χ2v) is 8.09. The van der Waals surface area contributed by atoms with Gasteiger partial charge in [-0.15, -0.1) is 5.10 Å². The number of rotatable bonds is 5. The molecule has 2 rings (SSSR count). The number of aryl methyl sites for hydroxylation is 1. The predicted octanol–water partition coefficient (Wildman–Crippen LogP) is 1.20. The molecule has 2 heterocycles. The smallest absolute Gasteiger partial charge is 0.211 e. The van der Waals surface area contributed by atoms with Crippen LogP contribution >= 0.6 is 11.5 Å². The Morgan fingerprint density at radius 1 is 1.55 bits per heavy atom. The van der Waals surface area contributed by atoms with Gasteiger partial charge in [-0.2, -0.15) is 0 Å². The van der Waals surface area contributed by atoms with Crippen molar-refractivity contribution >= 4 is 21.6 Å². The van der Waals surface area contributed by atoms with E-state index in [1.54, 1.807) is 0 Å². The summed E-state index contributed by atoms with van der Waals surface area (Å²) in [5.74, 6) is 0.195. The van der Waals surface area contributed by atoms with E-state index in [1.807, 2.05) is 6.92 Å². The van der Waals surface area contributed by atoms with Crippen LogP contribution in [0.5, 0.6) is 0 Å². The van der Waals surface area contributed by atoms with Crippen molar-refractivity contribution in [3.63, 3.8) is 0 Å². The zero-order chi connectivity index (χ0) is 14.8. The molecule has 1 fully saturated rings. The minimum Gasteiger partial charge on any atom is -0.387 e. The molecule has 0 bridgehead atoms. The van der Waals surface area contributed by atoms with E-state index in [9.17, 15) is 13.5 Å². The van der Waals surface area contributed by atoms with Crippen LogP contribution in [0.4, 0.5) is 0 Å². The van der Waals surface area contributed by atoms with Crippen molar-refractivity contribution < 1.29 is 13.5 Å². The zero-order valence-corrected chi connectivity index (χ0v) is 13.5. The zero-order valence-electron chi connectivity index (χ0n) is 11.8. The van der Waals surface area contributed by atoms with Crippen molar-refractivity contribution in [2.24, 2.45) is 5.92 Å². The Balaban J connectivity index is 1.99. The second-order valence-electron chi connectivity index (χ2n) is 5.32. The average molecular weight is 319 g/mol. The normalized spacial score (nSPS) is 22.9. The van der Waals surface area contributed by atoms with Crippen LogP contribution in [0.25, 0.3) is 0 Å². The van der Waals surface area contributed by atoms with Crippen molar-refractivity contribution in [3.05, 3.63) is 10.6 Å². The summed E-state index contributed by atoms with van der Waals surface area (Å²) in [6, 6.07) is 0. The van der Waals surface area contributed by atoms with Crippen LogP contribution < -0.4 is 0 Å². The monoisotopic (exact) mass is 319 g/mol. The van der Waals surface area contributed by atoms with Gasteiger partial charge in [-0.3, -0.25) is 0 Å². The van der Waals surface area contributed by atoms with Gasteiger partial charge in [-0.1, -0.05) is 11.4 Å². The molecule has 0 spiro atoms. The summed E-state index contributed by atoms with van der Waals surface area (Å²) in [6.45, 7) is 3.08. The Morgan fingerprint density at radius 3 is 2.95 bits per heavy atom. The lowest BCUT2D eigenvalue weighted by Crippen LogP contribution is -2.39. The van der Waals surface area contributed by atoms with Crippen LogP contribution in [-0.2, 0) is 16.4 Å².